The number of nitrogens with zero attached hydrogens (tertiary/aromatic N) is 2. The van der Waals surface area contributed by atoms with Gasteiger partial charge in [0.15, 0.2) is 0 Å². The summed E-state index contributed by atoms with van der Waals surface area (Å²) in [5.41, 5.74) is 1.07. The van der Waals surface area contributed by atoms with Crippen LogP contribution in [0.25, 0.3) is 0 Å². The number of amides is 2. The number of aromatic nitrogens is 1. The molecule has 2 aliphatic carbocycles. The highest BCUT2D eigenvalue weighted by Gasteiger charge is 2.56. The quantitative estimate of drug-likeness (QED) is 0.562. The van der Waals surface area contributed by atoms with Gasteiger partial charge in [-0.15, -0.1) is 0 Å². The molecule has 162 valence electrons. The Hall–Kier alpha value is -1.99. The minimum atomic E-state index is 0.112. The van der Waals surface area contributed by atoms with Crippen LogP contribution in [0.3, 0.4) is 0 Å². The molecule has 1 aromatic rings. The largest absolute Gasteiger partial charge is 0.354 e. The lowest BCUT2D eigenvalue weighted by molar-refractivity contribution is -0.124. The van der Waals surface area contributed by atoms with Crippen LogP contribution in [0.5, 0.6) is 0 Å². The second-order valence-electron chi connectivity index (χ2n) is 9.62. The molecule has 3 N–H and O–H groups in total. The van der Waals surface area contributed by atoms with Crippen LogP contribution in [0, 0.1) is 23.7 Å². The fraction of sp³-hybridized carbons (Fsp3) is 0.696. The molecule has 5 atom stereocenters. The van der Waals surface area contributed by atoms with Crippen LogP contribution in [0.1, 0.15) is 37.7 Å². The van der Waals surface area contributed by atoms with E-state index in [2.05, 4.69) is 25.8 Å². The Morgan fingerprint density at radius 1 is 1.03 bits per heavy atom. The molecule has 7 nitrogen and oxygen atoms in total. The highest BCUT2D eigenvalue weighted by atomic mass is 16.2. The van der Waals surface area contributed by atoms with Gasteiger partial charge in [-0.05, 0) is 74.2 Å². The van der Waals surface area contributed by atoms with Crippen molar-refractivity contribution in [2.24, 2.45) is 23.7 Å². The maximum atomic E-state index is 12.6. The number of fused-ring (bicyclic) bond motifs is 1. The molecule has 0 aromatic carbocycles. The first-order chi connectivity index (χ1) is 14.7. The molecule has 3 heterocycles. The molecule has 4 aliphatic rings. The number of likely N-dealkylation sites (tertiary alicyclic amines) is 1. The van der Waals surface area contributed by atoms with Crippen LogP contribution >= 0.6 is 0 Å². The molecule has 2 saturated carbocycles. The van der Waals surface area contributed by atoms with Gasteiger partial charge in [0.05, 0.1) is 0 Å². The number of hydrogen-bond donors (Lipinski definition) is 3. The van der Waals surface area contributed by atoms with E-state index in [0.717, 1.165) is 50.5 Å². The number of carbonyl (C=O) groups excluding carboxylic acids is 2. The zero-order chi connectivity index (χ0) is 20.5. The zero-order valence-corrected chi connectivity index (χ0v) is 17.6. The van der Waals surface area contributed by atoms with Crippen molar-refractivity contribution in [1.82, 2.24) is 25.8 Å². The Balaban J connectivity index is 1.11. The van der Waals surface area contributed by atoms with E-state index in [1.165, 1.54) is 12.8 Å². The first kappa shape index (κ1) is 19.9. The molecule has 1 aromatic heterocycles. The van der Waals surface area contributed by atoms with Gasteiger partial charge < -0.3 is 16.0 Å². The third-order valence-electron chi connectivity index (χ3n) is 7.50. The summed E-state index contributed by atoms with van der Waals surface area (Å²) in [6.45, 7) is 4.34. The van der Waals surface area contributed by atoms with E-state index in [-0.39, 0.29) is 23.8 Å². The summed E-state index contributed by atoms with van der Waals surface area (Å²) < 4.78 is 0. The monoisotopic (exact) mass is 411 g/mol. The fourth-order valence-electron chi connectivity index (χ4n) is 5.48. The lowest BCUT2D eigenvalue weighted by atomic mass is 10.1. The first-order valence-electron chi connectivity index (χ1n) is 11.6. The number of nitrogens with one attached hydrogen (secondary N) is 3. The van der Waals surface area contributed by atoms with E-state index in [0.29, 0.717) is 30.8 Å². The molecule has 1 unspecified atom stereocenters. The van der Waals surface area contributed by atoms with Crippen molar-refractivity contribution in [1.29, 1.82) is 0 Å². The Kier molecular flexibility index (Phi) is 5.74. The van der Waals surface area contributed by atoms with Gasteiger partial charge in [0.25, 0.3) is 0 Å². The van der Waals surface area contributed by atoms with Crippen LogP contribution in [0.4, 0.5) is 0 Å². The standard InChI is InChI=1S/C23H33N5O2/c29-21(26-10-15-5-7-24-8-6-15)9-17-3-4-18(28(17)14-16-1-2-16)11-27-23(30)22-19-12-25-13-20(19)22/h5-8,16-20,22,25H,1-4,9-14H2,(H,26,29)(H,27,30)/t17-,18+,19-,20+,22?/m1/s1. The summed E-state index contributed by atoms with van der Waals surface area (Å²) >= 11 is 0. The number of carbonyl (C=O) groups is 2. The summed E-state index contributed by atoms with van der Waals surface area (Å²) in [6.07, 6.45) is 8.74. The second kappa shape index (κ2) is 8.63. The van der Waals surface area contributed by atoms with E-state index in [1.807, 2.05) is 12.1 Å². The van der Waals surface area contributed by atoms with E-state index < -0.39 is 0 Å². The van der Waals surface area contributed by atoms with Crippen LogP contribution in [0.2, 0.25) is 0 Å². The lowest BCUT2D eigenvalue weighted by Gasteiger charge is -2.30. The molecular weight excluding hydrogens is 378 g/mol. The van der Waals surface area contributed by atoms with E-state index in [9.17, 15) is 9.59 Å². The molecule has 2 saturated heterocycles. The van der Waals surface area contributed by atoms with Crippen LogP contribution < -0.4 is 16.0 Å². The van der Waals surface area contributed by atoms with Crippen molar-refractivity contribution in [3.8, 4) is 0 Å². The van der Waals surface area contributed by atoms with Crippen molar-refractivity contribution in [2.45, 2.75) is 50.7 Å². The van der Waals surface area contributed by atoms with Crippen molar-refractivity contribution in [3.05, 3.63) is 30.1 Å². The van der Waals surface area contributed by atoms with Crippen LogP contribution in [-0.4, -0.2) is 60.0 Å². The van der Waals surface area contributed by atoms with Gasteiger partial charge in [0.2, 0.25) is 11.8 Å². The number of piperidine rings is 1. The van der Waals surface area contributed by atoms with Gasteiger partial charge in [-0.2, -0.15) is 0 Å². The first-order valence-corrected chi connectivity index (χ1v) is 11.6. The van der Waals surface area contributed by atoms with Gasteiger partial charge in [0, 0.05) is 56.5 Å². The van der Waals surface area contributed by atoms with Gasteiger partial charge in [-0.3, -0.25) is 19.5 Å². The topological polar surface area (TPSA) is 86.4 Å². The molecule has 30 heavy (non-hydrogen) atoms. The molecule has 2 amide bonds. The summed E-state index contributed by atoms with van der Waals surface area (Å²) in [5, 5.41) is 9.66. The molecular formula is C23H33N5O2. The lowest BCUT2D eigenvalue weighted by Crippen LogP contribution is -2.46. The number of hydrogen-bond acceptors (Lipinski definition) is 5. The van der Waals surface area contributed by atoms with E-state index >= 15 is 0 Å². The Bertz CT molecular complexity index is 758. The highest BCUT2D eigenvalue weighted by Crippen LogP contribution is 2.48. The van der Waals surface area contributed by atoms with Gasteiger partial charge in [-0.1, -0.05) is 0 Å². The van der Waals surface area contributed by atoms with Crippen molar-refractivity contribution >= 4 is 11.8 Å². The normalized spacial score (nSPS) is 32.6. The maximum Gasteiger partial charge on any atom is 0.223 e. The number of rotatable bonds is 9. The predicted molar refractivity (Wildman–Crippen MR) is 113 cm³/mol. The molecule has 7 heteroatoms. The van der Waals surface area contributed by atoms with Gasteiger partial charge >= 0.3 is 0 Å². The second-order valence-corrected chi connectivity index (χ2v) is 9.62. The Labute approximate surface area is 178 Å². The average Bonchev–Trinajstić information content (AvgIpc) is 3.62. The molecule has 2 aliphatic heterocycles. The summed E-state index contributed by atoms with van der Waals surface area (Å²) in [7, 11) is 0. The minimum absolute atomic E-state index is 0.112. The maximum absolute atomic E-state index is 12.6. The summed E-state index contributed by atoms with van der Waals surface area (Å²) in [6, 6.07) is 4.51. The molecule has 0 spiro atoms. The average molecular weight is 412 g/mol. The van der Waals surface area contributed by atoms with E-state index in [1.54, 1.807) is 12.4 Å². The number of pyridine rings is 1. The minimum Gasteiger partial charge on any atom is -0.354 e. The third-order valence-corrected chi connectivity index (χ3v) is 7.50. The predicted octanol–water partition coefficient (Wildman–Crippen LogP) is 0.913. The smallest absolute Gasteiger partial charge is 0.223 e. The molecule has 4 fully saturated rings. The Morgan fingerprint density at radius 2 is 1.77 bits per heavy atom. The molecule has 0 radical (unpaired) electrons. The summed E-state index contributed by atoms with van der Waals surface area (Å²) in [5.74, 6) is 2.50. The van der Waals surface area contributed by atoms with Gasteiger partial charge in [-0.25, -0.2) is 0 Å². The van der Waals surface area contributed by atoms with Crippen LogP contribution in [-0.2, 0) is 16.1 Å². The third kappa shape index (κ3) is 4.52. The van der Waals surface area contributed by atoms with Crippen molar-refractivity contribution in [2.75, 3.05) is 26.2 Å². The Morgan fingerprint density at radius 3 is 2.50 bits per heavy atom. The van der Waals surface area contributed by atoms with Crippen LogP contribution in [0.15, 0.2) is 24.5 Å². The van der Waals surface area contributed by atoms with Crippen molar-refractivity contribution < 1.29 is 9.59 Å². The van der Waals surface area contributed by atoms with E-state index in [4.69, 9.17) is 0 Å². The molecule has 5 rings (SSSR count). The van der Waals surface area contributed by atoms with Crippen molar-refractivity contribution in [3.63, 3.8) is 0 Å². The van der Waals surface area contributed by atoms with Gasteiger partial charge in [0.1, 0.15) is 0 Å². The zero-order valence-electron chi connectivity index (χ0n) is 17.6. The fourth-order valence-corrected chi connectivity index (χ4v) is 5.48. The SMILES string of the molecule is O=C(C[C@H]1CC[C@@H](CNC(=O)C2[C@H]3CNC[C@@H]23)N1CC1CC1)NCc1ccncc1. The summed E-state index contributed by atoms with van der Waals surface area (Å²) in [4.78, 5) is 31.7. The molecule has 0 bridgehead atoms. The highest BCUT2D eigenvalue weighted by molar-refractivity contribution is 5.82.